The number of benzene rings is 1. The zero-order valence-electron chi connectivity index (χ0n) is 12.7. The molecule has 21 heavy (non-hydrogen) atoms. The molecular weight excluding hydrogens is 286 g/mol. The first-order valence-electron chi connectivity index (χ1n) is 7.64. The van der Waals surface area contributed by atoms with E-state index in [4.69, 9.17) is 0 Å². The molecule has 1 heterocycles. The molecule has 3 rings (SSSR count). The molecule has 2 unspecified atom stereocenters. The van der Waals surface area contributed by atoms with Crippen LogP contribution >= 0.6 is 0 Å². The minimum atomic E-state index is -3.44. The highest BCUT2D eigenvalue weighted by molar-refractivity contribution is 7.89. The van der Waals surface area contributed by atoms with Crippen molar-refractivity contribution in [1.82, 2.24) is 4.31 Å². The first-order chi connectivity index (χ1) is 9.93. The van der Waals surface area contributed by atoms with E-state index in [1.54, 1.807) is 10.4 Å². The molecule has 2 fully saturated rings. The molecule has 116 valence electrons. The second kappa shape index (κ2) is 5.38. The molecule has 1 aliphatic heterocycles. The highest BCUT2D eigenvalue weighted by atomic mass is 32.2. The lowest BCUT2D eigenvalue weighted by Crippen LogP contribution is -2.30. The van der Waals surface area contributed by atoms with Crippen molar-refractivity contribution in [1.29, 1.82) is 0 Å². The largest absolute Gasteiger partial charge is 0.392 e. The van der Waals surface area contributed by atoms with Crippen LogP contribution in [0.4, 0.5) is 0 Å². The summed E-state index contributed by atoms with van der Waals surface area (Å²) in [6, 6.07) is 3.48. The third kappa shape index (κ3) is 2.51. The van der Waals surface area contributed by atoms with Gasteiger partial charge in [-0.05, 0) is 61.3 Å². The van der Waals surface area contributed by atoms with E-state index in [0.29, 0.717) is 35.4 Å². The van der Waals surface area contributed by atoms with Gasteiger partial charge in [-0.3, -0.25) is 0 Å². The van der Waals surface area contributed by atoms with E-state index in [2.05, 4.69) is 0 Å². The molecule has 2 atom stereocenters. The molecule has 1 N–H and O–H groups in total. The van der Waals surface area contributed by atoms with Crippen LogP contribution in [-0.2, 0) is 16.6 Å². The number of rotatable bonds is 3. The van der Waals surface area contributed by atoms with Gasteiger partial charge in [-0.15, -0.1) is 0 Å². The van der Waals surface area contributed by atoms with Crippen molar-refractivity contribution in [3.8, 4) is 0 Å². The Bertz CT molecular complexity index is 642. The SMILES string of the molecule is Cc1cc(CO)cc(S(=O)(=O)N2CC3CCCC3C2)c1C. The second-order valence-electron chi connectivity index (χ2n) is 6.47. The molecule has 1 aromatic carbocycles. The van der Waals surface area contributed by atoms with Crippen molar-refractivity contribution in [2.24, 2.45) is 11.8 Å². The number of nitrogens with zero attached hydrogens (tertiary/aromatic N) is 1. The van der Waals surface area contributed by atoms with Crippen molar-refractivity contribution in [3.05, 3.63) is 28.8 Å². The van der Waals surface area contributed by atoms with Crippen LogP contribution in [0.3, 0.4) is 0 Å². The fourth-order valence-corrected chi connectivity index (χ4v) is 5.69. The van der Waals surface area contributed by atoms with E-state index in [0.717, 1.165) is 24.0 Å². The summed E-state index contributed by atoms with van der Waals surface area (Å²) in [4.78, 5) is 0.367. The lowest BCUT2D eigenvalue weighted by Gasteiger charge is -2.20. The van der Waals surface area contributed by atoms with Crippen molar-refractivity contribution >= 4 is 10.0 Å². The van der Waals surface area contributed by atoms with Gasteiger partial charge >= 0.3 is 0 Å². The Balaban J connectivity index is 1.97. The van der Waals surface area contributed by atoms with Crippen molar-refractivity contribution in [3.63, 3.8) is 0 Å². The van der Waals surface area contributed by atoms with Gasteiger partial charge in [0.2, 0.25) is 10.0 Å². The van der Waals surface area contributed by atoms with Crippen LogP contribution in [0.1, 0.15) is 36.0 Å². The fourth-order valence-electron chi connectivity index (χ4n) is 3.79. The van der Waals surface area contributed by atoms with Crippen LogP contribution in [0.5, 0.6) is 0 Å². The quantitative estimate of drug-likeness (QED) is 0.931. The Morgan fingerprint density at radius 2 is 1.81 bits per heavy atom. The number of hydrogen-bond donors (Lipinski definition) is 1. The molecule has 0 radical (unpaired) electrons. The molecule has 1 saturated carbocycles. The molecule has 0 spiro atoms. The van der Waals surface area contributed by atoms with Crippen molar-refractivity contribution in [2.75, 3.05) is 13.1 Å². The van der Waals surface area contributed by atoms with Gasteiger partial charge in [-0.1, -0.05) is 12.5 Å². The molecule has 1 aromatic rings. The number of aliphatic hydroxyl groups excluding tert-OH is 1. The molecule has 0 bridgehead atoms. The maximum atomic E-state index is 13.0. The molecule has 5 heteroatoms. The van der Waals surface area contributed by atoms with Crippen LogP contribution in [0.15, 0.2) is 17.0 Å². The third-order valence-corrected chi connectivity index (χ3v) is 7.13. The molecule has 2 aliphatic rings. The predicted molar refractivity (Wildman–Crippen MR) is 81.4 cm³/mol. The van der Waals surface area contributed by atoms with Gasteiger partial charge in [0.15, 0.2) is 0 Å². The Kier molecular flexibility index (Phi) is 3.84. The lowest BCUT2D eigenvalue weighted by atomic mass is 10.0. The smallest absolute Gasteiger partial charge is 0.243 e. The highest BCUT2D eigenvalue weighted by Gasteiger charge is 2.41. The molecule has 1 aliphatic carbocycles. The number of aryl methyl sites for hydroxylation is 1. The van der Waals surface area contributed by atoms with E-state index < -0.39 is 10.0 Å². The summed E-state index contributed by atoms with van der Waals surface area (Å²) < 4.78 is 27.6. The van der Waals surface area contributed by atoms with Crippen LogP contribution in [-0.4, -0.2) is 30.9 Å². The first kappa shape index (κ1) is 15.0. The molecule has 0 amide bonds. The molecule has 0 aromatic heterocycles. The van der Waals surface area contributed by atoms with Crippen LogP contribution in [0.2, 0.25) is 0 Å². The zero-order valence-corrected chi connectivity index (χ0v) is 13.5. The number of hydrogen-bond acceptors (Lipinski definition) is 3. The van der Waals surface area contributed by atoms with Crippen LogP contribution in [0, 0.1) is 25.7 Å². The molecule has 1 saturated heterocycles. The van der Waals surface area contributed by atoms with Gasteiger partial charge in [0.25, 0.3) is 0 Å². The summed E-state index contributed by atoms with van der Waals surface area (Å²) in [6.45, 7) is 4.94. The summed E-state index contributed by atoms with van der Waals surface area (Å²) in [5.74, 6) is 1.09. The topological polar surface area (TPSA) is 57.6 Å². The summed E-state index contributed by atoms with van der Waals surface area (Å²) in [5.41, 5.74) is 2.37. The van der Waals surface area contributed by atoms with Crippen LogP contribution in [0.25, 0.3) is 0 Å². The zero-order chi connectivity index (χ0) is 15.2. The lowest BCUT2D eigenvalue weighted by molar-refractivity contribution is 0.281. The maximum Gasteiger partial charge on any atom is 0.243 e. The number of fused-ring (bicyclic) bond motifs is 1. The normalized spacial score (nSPS) is 26.2. The molecule has 4 nitrogen and oxygen atoms in total. The Labute approximate surface area is 126 Å². The number of aliphatic hydroxyl groups is 1. The standard InChI is InChI=1S/C16H23NO3S/c1-11-6-13(10-18)7-16(12(11)2)21(19,20)17-8-14-4-3-5-15(14)9-17/h6-7,14-15,18H,3-5,8-10H2,1-2H3. The van der Waals surface area contributed by atoms with E-state index in [1.165, 1.54) is 6.42 Å². The van der Waals surface area contributed by atoms with Gasteiger partial charge in [-0.25, -0.2) is 8.42 Å². The van der Waals surface area contributed by atoms with Gasteiger partial charge < -0.3 is 5.11 Å². The average Bonchev–Trinajstić information content (AvgIpc) is 3.02. The predicted octanol–water partition coefficient (Wildman–Crippen LogP) is 2.22. The monoisotopic (exact) mass is 309 g/mol. The highest BCUT2D eigenvalue weighted by Crippen LogP contribution is 2.40. The summed E-state index contributed by atoms with van der Waals surface area (Å²) in [5, 5.41) is 9.33. The summed E-state index contributed by atoms with van der Waals surface area (Å²) in [6.07, 6.45) is 3.55. The van der Waals surface area contributed by atoms with E-state index in [1.807, 2.05) is 19.9 Å². The van der Waals surface area contributed by atoms with Gasteiger partial charge in [-0.2, -0.15) is 4.31 Å². The van der Waals surface area contributed by atoms with E-state index >= 15 is 0 Å². The number of sulfonamides is 1. The van der Waals surface area contributed by atoms with Gasteiger partial charge in [0, 0.05) is 13.1 Å². The third-order valence-electron chi connectivity index (χ3n) is 5.17. The minimum absolute atomic E-state index is 0.130. The summed E-state index contributed by atoms with van der Waals surface area (Å²) in [7, 11) is -3.44. The van der Waals surface area contributed by atoms with E-state index in [-0.39, 0.29) is 6.61 Å². The first-order valence-corrected chi connectivity index (χ1v) is 9.08. The van der Waals surface area contributed by atoms with Crippen molar-refractivity contribution in [2.45, 2.75) is 44.6 Å². The maximum absolute atomic E-state index is 13.0. The average molecular weight is 309 g/mol. The Hall–Kier alpha value is -0.910. The Morgan fingerprint density at radius 1 is 1.19 bits per heavy atom. The molecular formula is C16H23NO3S. The minimum Gasteiger partial charge on any atom is -0.392 e. The Morgan fingerprint density at radius 3 is 2.38 bits per heavy atom. The fraction of sp³-hybridized carbons (Fsp3) is 0.625. The second-order valence-corrected chi connectivity index (χ2v) is 8.37. The van der Waals surface area contributed by atoms with E-state index in [9.17, 15) is 13.5 Å². The van der Waals surface area contributed by atoms with Crippen LogP contribution < -0.4 is 0 Å². The van der Waals surface area contributed by atoms with Crippen molar-refractivity contribution < 1.29 is 13.5 Å². The van der Waals surface area contributed by atoms with Gasteiger partial charge in [0.1, 0.15) is 0 Å². The summed E-state index contributed by atoms with van der Waals surface area (Å²) >= 11 is 0. The van der Waals surface area contributed by atoms with Gasteiger partial charge in [0.05, 0.1) is 11.5 Å².